The van der Waals surface area contributed by atoms with Gasteiger partial charge in [0.15, 0.2) is 5.82 Å². The van der Waals surface area contributed by atoms with Gasteiger partial charge in [-0.05, 0) is 30.7 Å². The number of aromatic nitrogens is 4. The fourth-order valence-electron chi connectivity index (χ4n) is 4.04. The smallest absolute Gasteiger partial charge is 0.433 e. The maximum absolute atomic E-state index is 13.2. The Balaban J connectivity index is 1.51. The molecule has 2 bridgehead atoms. The minimum Gasteiger partial charge on any atom is -0.481 e. The molecular formula is C21H18F3N7O2. The number of urea groups is 1. The maximum atomic E-state index is 13.2. The molecule has 2 aliphatic heterocycles. The zero-order valence-corrected chi connectivity index (χ0v) is 17.4. The number of ether oxygens (including phenoxy) is 1. The van der Waals surface area contributed by atoms with Gasteiger partial charge in [0, 0.05) is 19.2 Å². The van der Waals surface area contributed by atoms with E-state index in [1.54, 1.807) is 12.1 Å². The summed E-state index contributed by atoms with van der Waals surface area (Å²) in [6.07, 6.45) is -2.57. The van der Waals surface area contributed by atoms with Crippen molar-refractivity contribution in [2.24, 2.45) is 0 Å². The van der Waals surface area contributed by atoms with Crippen LogP contribution in [0.25, 0.3) is 11.4 Å². The normalized spacial score (nSPS) is 17.0. The zero-order chi connectivity index (χ0) is 23.2. The summed E-state index contributed by atoms with van der Waals surface area (Å²) in [6, 6.07) is 7.92. The molecule has 1 saturated heterocycles. The number of carbonyl (C=O) groups excluding carboxylic acids is 1. The molecular weight excluding hydrogens is 439 g/mol. The third-order valence-electron chi connectivity index (χ3n) is 5.56. The Morgan fingerprint density at radius 1 is 1.15 bits per heavy atom. The summed E-state index contributed by atoms with van der Waals surface area (Å²) in [5.41, 5.74) is 0.0378. The number of rotatable bonds is 3. The first kappa shape index (κ1) is 20.9. The van der Waals surface area contributed by atoms with Crippen molar-refractivity contribution in [1.29, 1.82) is 0 Å². The van der Waals surface area contributed by atoms with E-state index in [0.29, 0.717) is 18.2 Å². The quantitative estimate of drug-likeness (QED) is 0.642. The van der Waals surface area contributed by atoms with Crippen molar-refractivity contribution in [1.82, 2.24) is 19.9 Å². The molecule has 5 heterocycles. The van der Waals surface area contributed by atoms with Gasteiger partial charge in [0.25, 0.3) is 0 Å². The first-order valence-electron chi connectivity index (χ1n) is 10.1. The van der Waals surface area contributed by atoms with Crippen LogP contribution in [0.15, 0.2) is 42.7 Å². The van der Waals surface area contributed by atoms with Crippen LogP contribution < -0.4 is 19.9 Å². The Morgan fingerprint density at radius 2 is 1.97 bits per heavy atom. The van der Waals surface area contributed by atoms with Crippen molar-refractivity contribution in [2.75, 3.05) is 35.3 Å². The molecule has 0 radical (unpaired) electrons. The Kier molecular flexibility index (Phi) is 4.99. The molecule has 170 valence electrons. The number of methoxy groups -OCH3 is 1. The van der Waals surface area contributed by atoms with Crippen LogP contribution in [0.2, 0.25) is 0 Å². The lowest BCUT2D eigenvalue weighted by atomic mass is 10.1. The number of alkyl halides is 3. The highest BCUT2D eigenvalue weighted by molar-refractivity contribution is 6.04. The van der Waals surface area contributed by atoms with Crippen molar-refractivity contribution in [3.05, 3.63) is 48.4 Å². The summed E-state index contributed by atoms with van der Waals surface area (Å²) >= 11 is 0. The number of nitrogens with zero attached hydrogens (tertiary/aromatic N) is 6. The number of nitrogens with one attached hydrogen (secondary N) is 1. The van der Waals surface area contributed by atoms with Crippen LogP contribution >= 0.6 is 0 Å². The molecule has 0 aromatic carbocycles. The number of hydrogen-bond acceptors (Lipinski definition) is 7. The fraction of sp³-hybridized carbons (Fsp3) is 0.286. The average Bonchev–Trinajstić information content (AvgIpc) is 3.22. The highest BCUT2D eigenvalue weighted by Gasteiger charge is 2.40. The molecule has 0 unspecified atom stereocenters. The van der Waals surface area contributed by atoms with Crippen LogP contribution in [-0.4, -0.2) is 52.2 Å². The average molecular weight is 457 g/mol. The van der Waals surface area contributed by atoms with Gasteiger partial charge >= 0.3 is 12.2 Å². The lowest BCUT2D eigenvalue weighted by Gasteiger charge is -2.35. The Labute approximate surface area is 186 Å². The van der Waals surface area contributed by atoms with E-state index in [1.165, 1.54) is 36.5 Å². The molecule has 0 saturated carbocycles. The van der Waals surface area contributed by atoms with E-state index in [4.69, 9.17) is 4.74 Å². The Morgan fingerprint density at radius 3 is 2.76 bits per heavy atom. The number of halogens is 3. The monoisotopic (exact) mass is 457 g/mol. The van der Waals surface area contributed by atoms with Gasteiger partial charge in [-0.2, -0.15) is 13.2 Å². The maximum Gasteiger partial charge on any atom is 0.433 e. The van der Waals surface area contributed by atoms with Gasteiger partial charge in [0.2, 0.25) is 5.88 Å². The van der Waals surface area contributed by atoms with E-state index in [0.717, 1.165) is 24.7 Å². The lowest BCUT2D eigenvalue weighted by molar-refractivity contribution is -0.141. The lowest BCUT2D eigenvalue weighted by Crippen LogP contribution is -2.48. The molecule has 33 heavy (non-hydrogen) atoms. The molecule has 5 rings (SSSR count). The van der Waals surface area contributed by atoms with Crippen molar-refractivity contribution in [3.63, 3.8) is 0 Å². The number of carbonyl (C=O) groups is 1. The summed E-state index contributed by atoms with van der Waals surface area (Å²) in [4.78, 5) is 33.1. The zero-order valence-electron chi connectivity index (χ0n) is 17.4. The van der Waals surface area contributed by atoms with Crippen LogP contribution in [0.3, 0.4) is 0 Å². The minimum atomic E-state index is -4.57. The second-order valence-electron chi connectivity index (χ2n) is 7.58. The standard InChI is InChI=1S/C21H18F3N7O2/c1-33-18-9-17(25-11-26-18)29-20(32)31-12-7-8-30(10-12)15-6-5-14(28-19(15)31)13-3-2-4-16(27-13)21(22,23)24/h2-6,9,11-12H,7-8,10H2,1H3,(H,25,26,29,32)/t12-/m0/s1. The van der Waals surface area contributed by atoms with Crippen LogP contribution in [0.1, 0.15) is 12.1 Å². The highest BCUT2D eigenvalue weighted by atomic mass is 19.4. The van der Waals surface area contributed by atoms with E-state index >= 15 is 0 Å². The van der Waals surface area contributed by atoms with Crippen molar-refractivity contribution in [3.8, 4) is 17.3 Å². The molecule has 1 N–H and O–H groups in total. The first-order valence-corrected chi connectivity index (χ1v) is 10.1. The van der Waals surface area contributed by atoms with Gasteiger partial charge in [-0.15, -0.1) is 0 Å². The van der Waals surface area contributed by atoms with Gasteiger partial charge in [-0.1, -0.05) is 6.07 Å². The van der Waals surface area contributed by atoms with E-state index in [-0.39, 0.29) is 23.2 Å². The number of pyridine rings is 2. The molecule has 2 amide bonds. The number of hydrogen-bond donors (Lipinski definition) is 1. The van der Waals surface area contributed by atoms with Crippen molar-refractivity contribution in [2.45, 2.75) is 18.6 Å². The number of anilines is 3. The predicted octanol–water partition coefficient (Wildman–Crippen LogP) is 3.59. The number of fused-ring (bicyclic) bond motifs is 4. The fourth-order valence-corrected chi connectivity index (χ4v) is 4.04. The predicted molar refractivity (Wildman–Crippen MR) is 113 cm³/mol. The largest absolute Gasteiger partial charge is 0.481 e. The molecule has 3 aromatic heterocycles. The van der Waals surface area contributed by atoms with Crippen LogP contribution in [0, 0.1) is 0 Å². The molecule has 0 aliphatic carbocycles. The second kappa shape index (κ2) is 7.87. The molecule has 9 nitrogen and oxygen atoms in total. The third kappa shape index (κ3) is 3.88. The SMILES string of the molecule is COc1cc(NC(=O)N2c3nc(-c4cccc(C(F)(F)F)n4)ccc3N3CC[C@H]2C3)ncn1. The molecule has 0 spiro atoms. The minimum absolute atomic E-state index is 0.0708. The van der Waals surface area contributed by atoms with Crippen molar-refractivity contribution >= 4 is 23.4 Å². The summed E-state index contributed by atoms with van der Waals surface area (Å²) in [6.45, 7) is 1.38. The topological polar surface area (TPSA) is 96.4 Å². The second-order valence-corrected chi connectivity index (χ2v) is 7.58. The van der Waals surface area contributed by atoms with Gasteiger partial charge in [-0.25, -0.2) is 24.7 Å². The summed E-state index contributed by atoms with van der Waals surface area (Å²) in [5, 5.41) is 2.73. The van der Waals surface area contributed by atoms with Crippen LogP contribution in [0.4, 0.5) is 35.3 Å². The summed E-state index contributed by atoms with van der Waals surface area (Å²) in [5.74, 6) is 0.908. The van der Waals surface area contributed by atoms with Crippen LogP contribution in [0.5, 0.6) is 5.88 Å². The number of amides is 2. The van der Waals surface area contributed by atoms with E-state index in [1.807, 2.05) is 0 Å². The van der Waals surface area contributed by atoms with Gasteiger partial charge in [0.1, 0.15) is 17.8 Å². The summed E-state index contributed by atoms with van der Waals surface area (Å²) in [7, 11) is 1.45. The molecule has 1 atom stereocenters. The van der Waals surface area contributed by atoms with Crippen molar-refractivity contribution < 1.29 is 22.7 Å². The van der Waals surface area contributed by atoms with Gasteiger partial charge in [-0.3, -0.25) is 10.2 Å². The van der Waals surface area contributed by atoms with E-state index in [9.17, 15) is 18.0 Å². The molecule has 3 aromatic rings. The highest BCUT2D eigenvalue weighted by Crippen LogP contribution is 2.40. The first-order chi connectivity index (χ1) is 15.8. The molecule has 1 fully saturated rings. The van der Waals surface area contributed by atoms with E-state index in [2.05, 4.69) is 30.2 Å². The Hall–Kier alpha value is -3.96. The van der Waals surface area contributed by atoms with E-state index < -0.39 is 17.9 Å². The summed E-state index contributed by atoms with van der Waals surface area (Å²) < 4.78 is 44.4. The molecule has 12 heteroatoms. The third-order valence-corrected chi connectivity index (χ3v) is 5.56. The van der Waals surface area contributed by atoms with Gasteiger partial charge < -0.3 is 9.64 Å². The molecule has 2 aliphatic rings. The van der Waals surface area contributed by atoms with Crippen LogP contribution in [-0.2, 0) is 6.18 Å². The Bertz CT molecular complexity index is 1220. The van der Waals surface area contributed by atoms with Gasteiger partial charge in [0.05, 0.1) is 30.2 Å².